The van der Waals surface area contributed by atoms with Crippen LogP contribution in [0.5, 0.6) is 5.75 Å². The molecule has 0 amide bonds. The van der Waals surface area contributed by atoms with Crippen LogP contribution < -0.4 is 27.4 Å². The van der Waals surface area contributed by atoms with Gasteiger partial charge in [-0.1, -0.05) is 17.7 Å². The van der Waals surface area contributed by atoms with Gasteiger partial charge >= 0.3 is 0 Å². The zero-order valence-corrected chi connectivity index (χ0v) is 12.4. The van der Waals surface area contributed by atoms with Crippen LogP contribution in [0.25, 0.3) is 0 Å². The standard InChI is InChI=1S/C12H10BrClN2O.ClH/c13-10-7-9(14)4-5-11(10)17-8-16-6-2-1-3-12(16)15;/h1-7,15H,8H2;1H. The lowest BCUT2D eigenvalue weighted by molar-refractivity contribution is -0.711. The van der Waals surface area contributed by atoms with Crippen molar-refractivity contribution in [2.75, 3.05) is 5.73 Å². The summed E-state index contributed by atoms with van der Waals surface area (Å²) in [6.07, 6.45) is 1.86. The van der Waals surface area contributed by atoms with E-state index in [2.05, 4.69) is 15.9 Å². The van der Waals surface area contributed by atoms with Crippen molar-refractivity contribution in [1.82, 2.24) is 0 Å². The number of benzene rings is 1. The van der Waals surface area contributed by atoms with Crippen molar-refractivity contribution in [3.63, 3.8) is 0 Å². The first-order valence-electron chi connectivity index (χ1n) is 4.98. The van der Waals surface area contributed by atoms with Crippen molar-refractivity contribution in [3.8, 4) is 5.75 Å². The van der Waals surface area contributed by atoms with Gasteiger partial charge in [0.1, 0.15) is 5.75 Å². The highest BCUT2D eigenvalue weighted by Crippen LogP contribution is 2.27. The third-order valence-electron chi connectivity index (χ3n) is 2.23. The second-order valence-electron chi connectivity index (χ2n) is 3.44. The van der Waals surface area contributed by atoms with Crippen LogP contribution in [0.2, 0.25) is 5.02 Å². The van der Waals surface area contributed by atoms with Crippen LogP contribution in [0, 0.1) is 0 Å². The van der Waals surface area contributed by atoms with E-state index in [4.69, 9.17) is 22.1 Å². The van der Waals surface area contributed by atoms with Crippen molar-refractivity contribution >= 4 is 33.3 Å². The third-order valence-corrected chi connectivity index (χ3v) is 3.08. The van der Waals surface area contributed by atoms with E-state index in [9.17, 15) is 0 Å². The smallest absolute Gasteiger partial charge is 0.275 e. The minimum atomic E-state index is 0. The molecule has 0 aliphatic rings. The van der Waals surface area contributed by atoms with E-state index >= 15 is 0 Å². The highest BCUT2D eigenvalue weighted by molar-refractivity contribution is 9.10. The van der Waals surface area contributed by atoms with Crippen LogP contribution in [0.4, 0.5) is 5.82 Å². The summed E-state index contributed by atoms with van der Waals surface area (Å²) in [4.78, 5) is 0. The van der Waals surface area contributed by atoms with Gasteiger partial charge in [0.15, 0.2) is 0 Å². The molecule has 0 atom stereocenters. The Bertz CT molecular complexity index is 537. The largest absolute Gasteiger partial charge is 1.00 e. The molecule has 6 heteroatoms. The van der Waals surface area contributed by atoms with Crippen LogP contribution >= 0.6 is 27.5 Å². The maximum Gasteiger partial charge on any atom is 0.275 e. The predicted molar refractivity (Wildman–Crippen MR) is 70.8 cm³/mol. The van der Waals surface area contributed by atoms with E-state index in [0.717, 1.165) is 10.2 Å². The molecule has 1 aromatic heterocycles. The summed E-state index contributed by atoms with van der Waals surface area (Å²) >= 11 is 9.24. The predicted octanol–water partition coefficient (Wildman–Crippen LogP) is 0.0127. The van der Waals surface area contributed by atoms with Gasteiger partial charge in [0, 0.05) is 11.1 Å². The van der Waals surface area contributed by atoms with Crippen LogP contribution in [0.15, 0.2) is 47.1 Å². The lowest BCUT2D eigenvalue weighted by Crippen LogP contribution is -3.00. The first-order chi connectivity index (χ1) is 8.16. The highest BCUT2D eigenvalue weighted by atomic mass is 79.9. The number of nitrogens with zero attached hydrogens (tertiary/aromatic N) is 1. The van der Waals surface area contributed by atoms with E-state index in [1.54, 1.807) is 16.7 Å². The van der Waals surface area contributed by atoms with E-state index in [1.807, 2.05) is 30.5 Å². The maximum atomic E-state index is 5.85. The number of halogens is 3. The van der Waals surface area contributed by atoms with Gasteiger partial charge in [-0.3, -0.25) is 5.73 Å². The number of nitrogens with two attached hydrogens (primary N) is 1. The Balaban J connectivity index is 0.00000162. The molecule has 0 aliphatic heterocycles. The number of hydrogen-bond acceptors (Lipinski definition) is 2. The molecule has 0 bridgehead atoms. The average Bonchev–Trinajstić information content (AvgIpc) is 2.30. The molecular formula is C12H11BrCl2N2O. The SMILES string of the molecule is Nc1cccc[n+]1COc1ccc(Cl)cc1Br.[Cl-]. The number of pyridine rings is 1. The van der Waals surface area contributed by atoms with Gasteiger partial charge in [-0.15, -0.1) is 0 Å². The Labute approximate surface area is 125 Å². The Hall–Kier alpha value is -0.970. The van der Waals surface area contributed by atoms with Gasteiger partial charge in [-0.05, 0) is 40.2 Å². The Morgan fingerprint density at radius 3 is 2.72 bits per heavy atom. The number of ether oxygens (including phenoxy) is 1. The molecule has 1 aromatic carbocycles. The molecular weight excluding hydrogens is 339 g/mol. The van der Waals surface area contributed by atoms with Crippen molar-refractivity contribution in [2.24, 2.45) is 0 Å². The molecule has 2 N–H and O–H groups in total. The Kier molecular flexibility index (Phi) is 5.72. The molecule has 0 saturated heterocycles. The minimum absolute atomic E-state index is 0. The van der Waals surface area contributed by atoms with Crippen LogP contribution in [-0.2, 0) is 6.73 Å². The quantitative estimate of drug-likeness (QED) is 0.793. The lowest BCUT2D eigenvalue weighted by Gasteiger charge is -2.08. The zero-order valence-electron chi connectivity index (χ0n) is 9.32. The van der Waals surface area contributed by atoms with Crippen molar-refractivity contribution < 1.29 is 21.7 Å². The topological polar surface area (TPSA) is 39.1 Å². The first kappa shape index (κ1) is 15.1. The second-order valence-corrected chi connectivity index (χ2v) is 4.73. The van der Waals surface area contributed by atoms with E-state index in [1.165, 1.54) is 0 Å². The number of nitrogen functional groups attached to an aromatic ring is 1. The Morgan fingerprint density at radius 2 is 2.06 bits per heavy atom. The highest BCUT2D eigenvalue weighted by Gasteiger charge is 2.05. The molecule has 18 heavy (non-hydrogen) atoms. The molecule has 0 saturated carbocycles. The molecule has 1 heterocycles. The summed E-state index contributed by atoms with van der Waals surface area (Å²) in [5.41, 5.74) is 5.80. The molecule has 0 fully saturated rings. The summed E-state index contributed by atoms with van der Waals surface area (Å²) in [6.45, 7) is 0.354. The van der Waals surface area contributed by atoms with Crippen LogP contribution in [-0.4, -0.2) is 0 Å². The number of anilines is 1. The number of rotatable bonds is 3. The molecule has 3 nitrogen and oxygen atoms in total. The van der Waals surface area contributed by atoms with Crippen LogP contribution in [0.3, 0.4) is 0 Å². The van der Waals surface area contributed by atoms with Crippen LogP contribution in [0.1, 0.15) is 0 Å². The number of hydrogen-bond donors (Lipinski definition) is 1. The molecule has 2 aromatic rings. The third kappa shape index (κ3) is 3.77. The summed E-state index contributed by atoms with van der Waals surface area (Å²) in [7, 11) is 0. The summed E-state index contributed by atoms with van der Waals surface area (Å²) in [5, 5.41) is 0.663. The fourth-order valence-electron chi connectivity index (χ4n) is 1.34. The van der Waals surface area contributed by atoms with Gasteiger partial charge in [-0.25, -0.2) is 0 Å². The summed E-state index contributed by atoms with van der Waals surface area (Å²) < 4.78 is 8.26. The van der Waals surface area contributed by atoms with Gasteiger partial charge in [0.25, 0.3) is 5.82 Å². The van der Waals surface area contributed by atoms with Gasteiger partial charge in [0.2, 0.25) is 6.73 Å². The zero-order chi connectivity index (χ0) is 12.3. The van der Waals surface area contributed by atoms with E-state index in [0.29, 0.717) is 17.6 Å². The molecule has 0 unspecified atom stereocenters. The van der Waals surface area contributed by atoms with Gasteiger partial charge < -0.3 is 17.1 Å². The number of aromatic nitrogens is 1. The summed E-state index contributed by atoms with van der Waals surface area (Å²) in [6, 6.07) is 11.0. The van der Waals surface area contributed by atoms with Crippen molar-refractivity contribution in [2.45, 2.75) is 6.73 Å². The second kappa shape index (κ2) is 6.83. The summed E-state index contributed by atoms with van der Waals surface area (Å²) in [5.74, 6) is 1.38. The van der Waals surface area contributed by atoms with E-state index < -0.39 is 0 Å². The minimum Gasteiger partial charge on any atom is -1.00 e. The normalized spacial score (nSPS) is 9.67. The van der Waals surface area contributed by atoms with Crippen molar-refractivity contribution in [3.05, 3.63) is 52.1 Å². The molecule has 0 radical (unpaired) electrons. The Morgan fingerprint density at radius 1 is 1.28 bits per heavy atom. The molecule has 96 valence electrons. The van der Waals surface area contributed by atoms with E-state index in [-0.39, 0.29) is 12.4 Å². The fourth-order valence-corrected chi connectivity index (χ4v) is 2.14. The fraction of sp³-hybridized carbons (Fsp3) is 0.0833. The van der Waals surface area contributed by atoms with Gasteiger partial charge in [-0.2, -0.15) is 4.57 Å². The molecule has 2 rings (SSSR count). The average molecular weight is 350 g/mol. The first-order valence-corrected chi connectivity index (χ1v) is 6.16. The monoisotopic (exact) mass is 348 g/mol. The maximum absolute atomic E-state index is 5.85. The molecule has 0 aliphatic carbocycles. The lowest BCUT2D eigenvalue weighted by atomic mass is 10.3. The van der Waals surface area contributed by atoms with Gasteiger partial charge in [0.05, 0.1) is 10.7 Å². The van der Waals surface area contributed by atoms with Crippen molar-refractivity contribution in [1.29, 1.82) is 0 Å². The molecule has 0 spiro atoms.